The second kappa shape index (κ2) is 5.51. The van der Waals surface area contributed by atoms with E-state index < -0.39 is 0 Å². The van der Waals surface area contributed by atoms with E-state index in [1.165, 1.54) is 0 Å². The SMILES string of the molecule is COc1cccc(Oc2ccc(C(N)=S)cc2)c1. The largest absolute Gasteiger partial charge is 0.497 e. The van der Waals surface area contributed by atoms with Crippen molar-refractivity contribution in [2.45, 2.75) is 0 Å². The lowest BCUT2D eigenvalue weighted by Gasteiger charge is -2.07. The summed E-state index contributed by atoms with van der Waals surface area (Å²) in [6.45, 7) is 0. The van der Waals surface area contributed by atoms with Gasteiger partial charge in [-0.2, -0.15) is 0 Å². The van der Waals surface area contributed by atoms with Gasteiger partial charge >= 0.3 is 0 Å². The van der Waals surface area contributed by atoms with Crippen LogP contribution in [-0.4, -0.2) is 12.1 Å². The Hall–Kier alpha value is -2.07. The molecule has 0 saturated carbocycles. The lowest BCUT2D eigenvalue weighted by Crippen LogP contribution is -2.08. The molecule has 2 N–H and O–H groups in total. The van der Waals surface area contributed by atoms with Crippen molar-refractivity contribution in [2.24, 2.45) is 5.73 Å². The van der Waals surface area contributed by atoms with Crippen LogP contribution in [-0.2, 0) is 0 Å². The first-order valence-electron chi connectivity index (χ1n) is 5.41. The first kappa shape index (κ1) is 12.4. The summed E-state index contributed by atoms with van der Waals surface area (Å²) in [5.41, 5.74) is 6.35. The van der Waals surface area contributed by atoms with Crippen molar-refractivity contribution in [1.82, 2.24) is 0 Å². The molecule has 0 radical (unpaired) electrons. The van der Waals surface area contributed by atoms with Crippen LogP contribution < -0.4 is 15.2 Å². The van der Waals surface area contributed by atoms with Crippen molar-refractivity contribution in [3.63, 3.8) is 0 Å². The Morgan fingerprint density at radius 1 is 1.00 bits per heavy atom. The highest BCUT2D eigenvalue weighted by Crippen LogP contribution is 2.25. The molecule has 0 heterocycles. The third-order valence-corrected chi connectivity index (χ3v) is 2.65. The number of methoxy groups -OCH3 is 1. The van der Waals surface area contributed by atoms with E-state index in [1.807, 2.05) is 48.5 Å². The van der Waals surface area contributed by atoms with Crippen LogP contribution in [0.3, 0.4) is 0 Å². The summed E-state index contributed by atoms with van der Waals surface area (Å²) in [5.74, 6) is 2.20. The number of rotatable bonds is 4. The lowest BCUT2D eigenvalue weighted by molar-refractivity contribution is 0.409. The number of benzene rings is 2. The summed E-state index contributed by atoms with van der Waals surface area (Å²) >= 11 is 4.89. The van der Waals surface area contributed by atoms with Gasteiger partial charge in [-0.05, 0) is 36.4 Å². The molecule has 4 heteroatoms. The molecule has 3 nitrogen and oxygen atoms in total. The molecular formula is C14H13NO2S. The van der Waals surface area contributed by atoms with Crippen molar-refractivity contribution < 1.29 is 9.47 Å². The van der Waals surface area contributed by atoms with Gasteiger partial charge in [0.05, 0.1) is 7.11 Å². The van der Waals surface area contributed by atoms with Crippen LogP contribution in [0.2, 0.25) is 0 Å². The zero-order valence-corrected chi connectivity index (χ0v) is 10.7. The maximum absolute atomic E-state index is 5.69. The molecule has 0 spiro atoms. The van der Waals surface area contributed by atoms with E-state index in [9.17, 15) is 0 Å². The second-order valence-electron chi connectivity index (χ2n) is 3.67. The highest BCUT2D eigenvalue weighted by atomic mass is 32.1. The number of hydrogen-bond donors (Lipinski definition) is 1. The average molecular weight is 259 g/mol. The maximum Gasteiger partial charge on any atom is 0.131 e. The van der Waals surface area contributed by atoms with Crippen molar-refractivity contribution in [3.05, 3.63) is 54.1 Å². The number of hydrogen-bond acceptors (Lipinski definition) is 3. The van der Waals surface area contributed by atoms with Crippen LogP contribution in [0.25, 0.3) is 0 Å². The average Bonchev–Trinajstić information content (AvgIpc) is 2.39. The fourth-order valence-electron chi connectivity index (χ4n) is 1.49. The van der Waals surface area contributed by atoms with Crippen molar-refractivity contribution in [2.75, 3.05) is 7.11 Å². The Labute approximate surface area is 111 Å². The van der Waals surface area contributed by atoms with Crippen LogP contribution >= 0.6 is 12.2 Å². The van der Waals surface area contributed by atoms with E-state index in [2.05, 4.69) is 0 Å². The summed E-state index contributed by atoms with van der Waals surface area (Å²) in [6, 6.07) is 14.7. The minimum absolute atomic E-state index is 0.378. The highest BCUT2D eigenvalue weighted by Gasteiger charge is 2.00. The van der Waals surface area contributed by atoms with Crippen LogP contribution in [0.1, 0.15) is 5.56 Å². The molecule has 0 aliphatic heterocycles. The van der Waals surface area contributed by atoms with Crippen molar-refractivity contribution in [1.29, 1.82) is 0 Å². The predicted molar refractivity (Wildman–Crippen MR) is 75.4 cm³/mol. The molecule has 0 aliphatic carbocycles. The summed E-state index contributed by atoms with van der Waals surface area (Å²) < 4.78 is 10.8. The van der Waals surface area contributed by atoms with Gasteiger partial charge in [-0.25, -0.2) is 0 Å². The Kier molecular flexibility index (Phi) is 3.79. The normalized spacial score (nSPS) is 9.83. The number of ether oxygens (including phenoxy) is 2. The van der Waals surface area contributed by atoms with Crippen LogP contribution in [0, 0.1) is 0 Å². The predicted octanol–water partition coefficient (Wildman–Crippen LogP) is 3.12. The van der Waals surface area contributed by atoms with Gasteiger partial charge in [0.2, 0.25) is 0 Å². The van der Waals surface area contributed by atoms with Gasteiger partial charge < -0.3 is 15.2 Å². The molecule has 0 atom stereocenters. The van der Waals surface area contributed by atoms with Crippen molar-refractivity contribution >= 4 is 17.2 Å². The van der Waals surface area contributed by atoms with Crippen LogP contribution in [0.4, 0.5) is 0 Å². The molecule has 0 unspecified atom stereocenters. The summed E-state index contributed by atoms with van der Waals surface area (Å²) in [4.78, 5) is 0.378. The minimum Gasteiger partial charge on any atom is -0.497 e. The molecule has 0 fully saturated rings. The zero-order valence-electron chi connectivity index (χ0n) is 9.92. The van der Waals surface area contributed by atoms with Crippen LogP contribution in [0.5, 0.6) is 17.2 Å². The highest BCUT2D eigenvalue weighted by molar-refractivity contribution is 7.80. The third-order valence-electron chi connectivity index (χ3n) is 2.42. The molecule has 0 bridgehead atoms. The van der Waals surface area contributed by atoms with E-state index in [-0.39, 0.29) is 0 Å². The first-order valence-corrected chi connectivity index (χ1v) is 5.81. The van der Waals surface area contributed by atoms with Gasteiger partial charge in [0.1, 0.15) is 22.2 Å². The smallest absolute Gasteiger partial charge is 0.131 e. The lowest BCUT2D eigenvalue weighted by atomic mass is 10.2. The molecular weight excluding hydrogens is 246 g/mol. The molecule has 2 rings (SSSR count). The van der Waals surface area contributed by atoms with Gasteiger partial charge in [-0.1, -0.05) is 18.3 Å². The zero-order chi connectivity index (χ0) is 13.0. The van der Waals surface area contributed by atoms with Gasteiger partial charge in [0, 0.05) is 11.6 Å². The molecule has 2 aromatic carbocycles. The summed E-state index contributed by atoms with van der Waals surface area (Å²) in [6.07, 6.45) is 0. The fraction of sp³-hybridized carbons (Fsp3) is 0.0714. The van der Waals surface area contributed by atoms with Gasteiger partial charge in [-0.15, -0.1) is 0 Å². The number of thiocarbonyl (C=S) groups is 1. The Balaban J connectivity index is 2.15. The van der Waals surface area contributed by atoms with Gasteiger partial charge in [0.25, 0.3) is 0 Å². The van der Waals surface area contributed by atoms with E-state index in [0.29, 0.717) is 4.99 Å². The summed E-state index contributed by atoms with van der Waals surface area (Å²) in [7, 11) is 1.62. The molecule has 0 aromatic heterocycles. The topological polar surface area (TPSA) is 44.5 Å². The minimum atomic E-state index is 0.378. The van der Waals surface area contributed by atoms with Gasteiger partial charge in [0.15, 0.2) is 0 Å². The first-order chi connectivity index (χ1) is 8.69. The third kappa shape index (κ3) is 2.99. The van der Waals surface area contributed by atoms with E-state index in [0.717, 1.165) is 22.8 Å². The van der Waals surface area contributed by atoms with E-state index in [1.54, 1.807) is 7.11 Å². The maximum atomic E-state index is 5.69. The van der Waals surface area contributed by atoms with E-state index in [4.69, 9.17) is 27.4 Å². The Bertz CT molecular complexity index is 552. The van der Waals surface area contributed by atoms with Crippen LogP contribution in [0.15, 0.2) is 48.5 Å². The van der Waals surface area contributed by atoms with E-state index >= 15 is 0 Å². The van der Waals surface area contributed by atoms with Gasteiger partial charge in [-0.3, -0.25) is 0 Å². The fourth-order valence-corrected chi connectivity index (χ4v) is 1.62. The molecule has 0 aliphatic rings. The molecule has 92 valence electrons. The molecule has 0 saturated heterocycles. The molecule has 0 amide bonds. The van der Waals surface area contributed by atoms with Crippen molar-refractivity contribution in [3.8, 4) is 17.2 Å². The Morgan fingerprint density at radius 3 is 2.28 bits per heavy atom. The molecule has 2 aromatic rings. The number of nitrogens with two attached hydrogens (primary N) is 1. The monoisotopic (exact) mass is 259 g/mol. The standard InChI is InChI=1S/C14H13NO2S/c1-16-12-3-2-4-13(9-12)17-11-7-5-10(6-8-11)14(15)18/h2-9H,1H3,(H2,15,18). The quantitative estimate of drug-likeness (QED) is 0.857. The second-order valence-corrected chi connectivity index (χ2v) is 4.11. The summed E-state index contributed by atoms with van der Waals surface area (Å²) in [5, 5.41) is 0. The Morgan fingerprint density at radius 2 is 1.67 bits per heavy atom. The molecule has 18 heavy (non-hydrogen) atoms.